The minimum atomic E-state index is 0.298. The Hall–Kier alpha value is -0.670. The second-order valence-electron chi connectivity index (χ2n) is 5.70. The molecule has 0 N–H and O–H groups in total. The zero-order valence-electron chi connectivity index (χ0n) is 12.2. The van der Waals surface area contributed by atoms with Gasteiger partial charge in [0.15, 0.2) is 5.78 Å². The lowest BCUT2D eigenvalue weighted by Crippen LogP contribution is -2.30. The van der Waals surface area contributed by atoms with E-state index >= 15 is 0 Å². The first-order chi connectivity index (χ1) is 9.19. The quantitative estimate of drug-likeness (QED) is 0.755. The van der Waals surface area contributed by atoms with Gasteiger partial charge in [0.25, 0.3) is 0 Å². The molecule has 0 radical (unpaired) electrons. The SMILES string of the molecule is CCCC1CCCN(CC(=O)c2ccc(C)s2)CC1. The zero-order chi connectivity index (χ0) is 13.7. The second-order valence-corrected chi connectivity index (χ2v) is 6.98. The summed E-state index contributed by atoms with van der Waals surface area (Å²) in [5.41, 5.74) is 0. The van der Waals surface area contributed by atoms with E-state index in [9.17, 15) is 4.79 Å². The molecule has 1 aliphatic rings. The van der Waals surface area contributed by atoms with E-state index in [0.29, 0.717) is 12.3 Å². The van der Waals surface area contributed by atoms with Gasteiger partial charge in [0.2, 0.25) is 0 Å². The Labute approximate surface area is 120 Å². The van der Waals surface area contributed by atoms with Crippen LogP contribution in [0, 0.1) is 12.8 Å². The molecule has 0 amide bonds. The molecule has 0 bridgehead atoms. The zero-order valence-corrected chi connectivity index (χ0v) is 13.0. The Morgan fingerprint density at radius 3 is 2.89 bits per heavy atom. The number of hydrogen-bond acceptors (Lipinski definition) is 3. The molecule has 19 heavy (non-hydrogen) atoms. The molecule has 2 nitrogen and oxygen atoms in total. The van der Waals surface area contributed by atoms with E-state index < -0.39 is 0 Å². The largest absolute Gasteiger partial charge is 0.296 e. The summed E-state index contributed by atoms with van der Waals surface area (Å²) in [5, 5.41) is 0. The van der Waals surface area contributed by atoms with E-state index in [-0.39, 0.29) is 0 Å². The van der Waals surface area contributed by atoms with E-state index in [4.69, 9.17) is 0 Å². The van der Waals surface area contributed by atoms with Gasteiger partial charge in [-0.2, -0.15) is 0 Å². The van der Waals surface area contributed by atoms with E-state index in [1.165, 1.54) is 37.0 Å². The molecule has 1 aromatic heterocycles. The maximum absolute atomic E-state index is 12.2. The average Bonchev–Trinajstić information content (AvgIpc) is 2.70. The predicted molar refractivity (Wildman–Crippen MR) is 82.1 cm³/mol. The highest BCUT2D eigenvalue weighted by Gasteiger charge is 2.19. The highest BCUT2D eigenvalue weighted by molar-refractivity contribution is 7.14. The monoisotopic (exact) mass is 279 g/mol. The predicted octanol–water partition coefficient (Wildman–Crippen LogP) is 4.14. The van der Waals surface area contributed by atoms with Gasteiger partial charge >= 0.3 is 0 Å². The van der Waals surface area contributed by atoms with Crippen molar-refractivity contribution in [1.29, 1.82) is 0 Å². The molecule has 1 atom stereocenters. The van der Waals surface area contributed by atoms with Crippen molar-refractivity contribution in [2.75, 3.05) is 19.6 Å². The minimum absolute atomic E-state index is 0.298. The summed E-state index contributed by atoms with van der Waals surface area (Å²) >= 11 is 1.62. The second kappa shape index (κ2) is 7.20. The molecule has 1 saturated heterocycles. The third-order valence-corrected chi connectivity index (χ3v) is 5.06. The molecule has 1 aliphatic heterocycles. The molecule has 1 aromatic rings. The number of hydrogen-bond donors (Lipinski definition) is 0. The maximum atomic E-state index is 12.2. The molecule has 0 saturated carbocycles. The summed E-state index contributed by atoms with van der Waals surface area (Å²) in [6, 6.07) is 4.01. The normalized spacial score (nSPS) is 21.3. The van der Waals surface area contributed by atoms with Crippen LogP contribution in [-0.2, 0) is 0 Å². The van der Waals surface area contributed by atoms with Gasteiger partial charge in [-0.05, 0) is 57.3 Å². The molecule has 2 heterocycles. The van der Waals surface area contributed by atoms with Gasteiger partial charge in [-0.3, -0.25) is 9.69 Å². The first-order valence-electron chi connectivity index (χ1n) is 7.51. The lowest BCUT2D eigenvalue weighted by molar-refractivity contribution is 0.0936. The number of rotatable bonds is 5. The molecule has 2 rings (SSSR count). The summed E-state index contributed by atoms with van der Waals surface area (Å²) in [6.45, 7) is 7.13. The fourth-order valence-electron chi connectivity index (χ4n) is 2.95. The number of nitrogens with zero attached hydrogens (tertiary/aromatic N) is 1. The fourth-order valence-corrected chi connectivity index (χ4v) is 3.74. The number of Topliss-reactive ketones (excluding diaryl/α,β-unsaturated/α-hetero) is 1. The first-order valence-corrected chi connectivity index (χ1v) is 8.32. The van der Waals surface area contributed by atoms with Gasteiger partial charge in [-0.25, -0.2) is 0 Å². The van der Waals surface area contributed by atoms with Crippen molar-refractivity contribution in [3.63, 3.8) is 0 Å². The van der Waals surface area contributed by atoms with Crippen LogP contribution in [0.25, 0.3) is 0 Å². The van der Waals surface area contributed by atoms with Crippen LogP contribution >= 0.6 is 11.3 Å². The van der Waals surface area contributed by atoms with Gasteiger partial charge < -0.3 is 0 Å². The van der Waals surface area contributed by atoms with Crippen molar-refractivity contribution < 1.29 is 4.79 Å². The van der Waals surface area contributed by atoms with Crippen molar-refractivity contribution in [1.82, 2.24) is 4.90 Å². The topological polar surface area (TPSA) is 20.3 Å². The van der Waals surface area contributed by atoms with Crippen molar-refractivity contribution >= 4 is 17.1 Å². The summed E-state index contributed by atoms with van der Waals surface area (Å²) in [7, 11) is 0. The molecular formula is C16H25NOS. The van der Waals surface area contributed by atoms with Crippen molar-refractivity contribution in [3.05, 3.63) is 21.9 Å². The summed E-state index contributed by atoms with van der Waals surface area (Å²) < 4.78 is 0. The summed E-state index contributed by atoms with van der Waals surface area (Å²) in [4.78, 5) is 16.7. The van der Waals surface area contributed by atoms with Crippen molar-refractivity contribution in [2.24, 2.45) is 5.92 Å². The van der Waals surface area contributed by atoms with E-state index in [1.807, 2.05) is 12.1 Å². The van der Waals surface area contributed by atoms with Crippen LogP contribution in [0.4, 0.5) is 0 Å². The Bertz CT molecular complexity index is 413. The van der Waals surface area contributed by atoms with E-state index in [2.05, 4.69) is 18.7 Å². The average molecular weight is 279 g/mol. The van der Waals surface area contributed by atoms with Gasteiger partial charge in [0, 0.05) is 4.88 Å². The smallest absolute Gasteiger partial charge is 0.186 e. The van der Waals surface area contributed by atoms with Gasteiger partial charge in [-0.1, -0.05) is 19.8 Å². The van der Waals surface area contributed by atoms with Crippen LogP contribution in [0.3, 0.4) is 0 Å². The van der Waals surface area contributed by atoms with Crippen LogP contribution in [-0.4, -0.2) is 30.3 Å². The van der Waals surface area contributed by atoms with Crippen LogP contribution in [0.2, 0.25) is 0 Å². The summed E-state index contributed by atoms with van der Waals surface area (Å²) in [5.74, 6) is 1.18. The highest BCUT2D eigenvalue weighted by Crippen LogP contribution is 2.22. The third-order valence-electron chi connectivity index (χ3n) is 4.02. The fraction of sp³-hybridized carbons (Fsp3) is 0.688. The molecule has 3 heteroatoms. The standard InChI is InChI=1S/C16H25NOS/c1-3-5-14-6-4-10-17(11-9-14)12-15(18)16-8-7-13(2)19-16/h7-8,14H,3-6,9-12H2,1-2H3. The molecule has 1 unspecified atom stereocenters. The molecule has 1 fully saturated rings. The lowest BCUT2D eigenvalue weighted by atomic mass is 9.96. The van der Waals surface area contributed by atoms with Crippen LogP contribution in [0.5, 0.6) is 0 Å². The minimum Gasteiger partial charge on any atom is -0.296 e. The summed E-state index contributed by atoms with van der Waals surface area (Å²) in [6.07, 6.45) is 6.51. The molecular weight excluding hydrogens is 254 g/mol. The van der Waals surface area contributed by atoms with E-state index in [1.54, 1.807) is 11.3 Å². The lowest BCUT2D eigenvalue weighted by Gasteiger charge is -2.18. The molecule has 0 aliphatic carbocycles. The third kappa shape index (κ3) is 4.43. The molecule has 0 spiro atoms. The van der Waals surface area contributed by atoms with Gasteiger partial charge in [-0.15, -0.1) is 11.3 Å². The van der Waals surface area contributed by atoms with Gasteiger partial charge in [0.05, 0.1) is 11.4 Å². The van der Waals surface area contributed by atoms with Crippen molar-refractivity contribution in [2.45, 2.75) is 46.0 Å². The number of carbonyl (C=O) groups is 1. The number of carbonyl (C=O) groups excluding carboxylic acids is 1. The number of aryl methyl sites for hydroxylation is 1. The van der Waals surface area contributed by atoms with Crippen LogP contribution < -0.4 is 0 Å². The first kappa shape index (κ1) is 14.7. The number of ketones is 1. The van der Waals surface area contributed by atoms with Crippen molar-refractivity contribution in [3.8, 4) is 0 Å². The Balaban J connectivity index is 1.84. The Kier molecular flexibility index (Phi) is 5.59. The maximum Gasteiger partial charge on any atom is 0.186 e. The van der Waals surface area contributed by atoms with Gasteiger partial charge in [0.1, 0.15) is 0 Å². The Morgan fingerprint density at radius 1 is 1.37 bits per heavy atom. The van der Waals surface area contributed by atoms with Crippen LogP contribution in [0.1, 0.15) is 53.6 Å². The highest BCUT2D eigenvalue weighted by atomic mass is 32.1. The molecule has 0 aromatic carbocycles. The van der Waals surface area contributed by atoms with Crippen LogP contribution in [0.15, 0.2) is 12.1 Å². The Morgan fingerprint density at radius 2 is 2.21 bits per heavy atom. The molecule has 106 valence electrons. The number of likely N-dealkylation sites (tertiary alicyclic amines) is 1. The van der Waals surface area contributed by atoms with E-state index in [0.717, 1.165) is 23.9 Å². The number of thiophene rings is 1.